The Bertz CT molecular complexity index is 374. The largest absolute Gasteiger partial charge is 0.472 e. The topological polar surface area (TPSA) is 45.5 Å². The van der Waals surface area contributed by atoms with Gasteiger partial charge in [0.25, 0.3) is 5.91 Å². The van der Waals surface area contributed by atoms with E-state index in [2.05, 4.69) is 5.32 Å². The van der Waals surface area contributed by atoms with E-state index in [1.165, 1.54) is 6.26 Å². The minimum Gasteiger partial charge on any atom is -0.472 e. The predicted molar refractivity (Wildman–Crippen MR) is 59.1 cm³/mol. The number of nitrogens with one attached hydrogen (secondary N) is 1. The number of hydrogen-bond donors (Lipinski definition) is 1. The molecule has 0 spiro atoms. The molecule has 0 radical (unpaired) electrons. The summed E-state index contributed by atoms with van der Waals surface area (Å²) < 4.78 is 4.97. The van der Waals surface area contributed by atoms with Gasteiger partial charge in [-0.2, -0.15) is 0 Å². The predicted octanol–water partition coefficient (Wildman–Crippen LogP) is 1.10. The molecule has 16 heavy (non-hydrogen) atoms. The van der Waals surface area contributed by atoms with Crippen LogP contribution < -0.4 is 5.32 Å². The molecular weight excluding hydrogens is 204 g/mol. The summed E-state index contributed by atoms with van der Waals surface area (Å²) >= 11 is 0. The molecule has 0 aliphatic carbocycles. The van der Waals surface area contributed by atoms with Gasteiger partial charge < -0.3 is 14.6 Å². The third-order valence-corrected chi connectivity index (χ3v) is 3.74. The third-order valence-electron chi connectivity index (χ3n) is 3.74. The molecule has 1 N–H and O–H groups in total. The van der Waals surface area contributed by atoms with Gasteiger partial charge in [0, 0.05) is 12.6 Å². The van der Waals surface area contributed by atoms with Crippen LogP contribution >= 0.6 is 0 Å². The zero-order valence-corrected chi connectivity index (χ0v) is 9.19. The van der Waals surface area contributed by atoms with Crippen molar-refractivity contribution in [2.45, 2.75) is 18.9 Å². The lowest BCUT2D eigenvalue weighted by Gasteiger charge is -2.31. The Hall–Kier alpha value is -1.29. The lowest BCUT2D eigenvalue weighted by Crippen LogP contribution is -2.45. The van der Waals surface area contributed by atoms with E-state index >= 15 is 0 Å². The Morgan fingerprint density at radius 2 is 2.44 bits per heavy atom. The van der Waals surface area contributed by atoms with E-state index in [0.29, 0.717) is 17.5 Å². The third kappa shape index (κ3) is 1.53. The van der Waals surface area contributed by atoms with Crippen LogP contribution in [0.2, 0.25) is 0 Å². The van der Waals surface area contributed by atoms with Crippen LogP contribution in [0.5, 0.6) is 0 Å². The van der Waals surface area contributed by atoms with Crippen molar-refractivity contribution in [2.75, 3.05) is 19.6 Å². The number of fused-ring (bicyclic) bond motifs is 1. The van der Waals surface area contributed by atoms with Crippen molar-refractivity contribution < 1.29 is 9.21 Å². The van der Waals surface area contributed by atoms with Gasteiger partial charge in [-0.05, 0) is 37.9 Å². The van der Waals surface area contributed by atoms with E-state index in [-0.39, 0.29) is 5.91 Å². The standard InChI is InChI=1S/C12H16N2O2/c15-12(10-3-6-16-8-10)14-5-2-9-7-13-4-1-11(9)14/h3,6,8-9,11,13H,1-2,4-5,7H2. The lowest BCUT2D eigenvalue weighted by atomic mass is 9.94. The molecule has 2 unspecified atom stereocenters. The van der Waals surface area contributed by atoms with E-state index < -0.39 is 0 Å². The second-order valence-electron chi connectivity index (χ2n) is 4.62. The fourth-order valence-electron chi connectivity index (χ4n) is 2.89. The number of carbonyl (C=O) groups is 1. The second-order valence-corrected chi connectivity index (χ2v) is 4.62. The molecule has 2 aliphatic heterocycles. The van der Waals surface area contributed by atoms with Gasteiger partial charge in [0.1, 0.15) is 6.26 Å². The summed E-state index contributed by atoms with van der Waals surface area (Å²) in [6.45, 7) is 2.97. The summed E-state index contributed by atoms with van der Waals surface area (Å²) in [5.41, 5.74) is 0.680. The van der Waals surface area contributed by atoms with Crippen LogP contribution in [0.4, 0.5) is 0 Å². The quantitative estimate of drug-likeness (QED) is 0.771. The number of piperidine rings is 1. The summed E-state index contributed by atoms with van der Waals surface area (Å²) in [5, 5.41) is 3.39. The van der Waals surface area contributed by atoms with Crippen molar-refractivity contribution in [2.24, 2.45) is 5.92 Å². The average Bonchev–Trinajstić information content (AvgIpc) is 2.98. The van der Waals surface area contributed by atoms with Crippen molar-refractivity contribution in [3.63, 3.8) is 0 Å². The Balaban J connectivity index is 1.78. The van der Waals surface area contributed by atoms with Gasteiger partial charge in [-0.3, -0.25) is 4.79 Å². The molecule has 4 heteroatoms. The van der Waals surface area contributed by atoms with Crippen LogP contribution in [0.3, 0.4) is 0 Å². The summed E-state index contributed by atoms with van der Waals surface area (Å²) in [7, 11) is 0. The van der Waals surface area contributed by atoms with Crippen molar-refractivity contribution in [1.82, 2.24) is 10.2 Å². The maximum Gasteiger partial charge on any atom is 0.257 e. The molecule has 4 nitrogen and oxygen atoms in total. The van der Waals surface area contributed by atoms with E-state index in [0.717, 1.165) is 32.5 Å². The van der Waals surface area contributed by atoms with Gasteiger partial charge in [-0.15, -0.1) is 0 Å². The molecule has 86 valence electrons. The Morgan fingerprint density at radius 1 is 1.50 bits per heavy atom. The first-order valence-electron chi connectivity index (χ1n) is 5.90. The molecule has 1 aromatic heterocycles. The smallest absolute Gasteiger partial charge is 0.257 e. The van der Waals surface area contributed by atoms with Crippen molar-refractivity contribution in [1.29, 1.82) is 0 Å². The molecule has 2 saturated heterocycles. The molecular formula is C12H16N2O2. The van der Waals surface area contributed by atoms with Gasteiger partial charge in [0.2, 0.25) is 0 Å². The molecule has 1 aromatic rings. The van der Waals surface area contributed by atoms with Crippen LogP contribution in [0.15, 0.2) is 23.0 Å². The number of likely N-dealkylation sites (tertiary alicyclic amines) is 1. The molecule has 1 amide bonds. The van der Waals surface area contributed by atoms with E-state index in [1.807, 2.05) is 4.90 Å². The summed E-state index contributed by atoms with van der Waals surface area (Å²) in [6.07, 6.45) is 5.30. The first-order chi connectivity index (χ1) is 7.86. The van der Waals surface area contributed by atoms with Crippen molar-refractivity contribution >= 4 is 5.91 Å². The zero-order chi connectivity index (χ0) is 11.0. The van der Waals surface area contributed by atoms with Gasteiger partial charge in [-0.1, -0.05) is 0 Å². The molecule has 3 rings (SSSR count). The highest BCUT2D eigenvalue weighted by molar-refractivity contribution is 5.94. The summed E-state index contributed by atoms with van der Waals surface area (Å²) in [5.74, 6) is 0.771. The number of furan rings is 1. The van der Waals surface area contributed by atoms with E-state index in [9.17, 15) is 4.79 Å². The first-order valence-corrected chi connectivity index (χ1v) is 5.90. The maximum atomic E-state index is 12.2. The Labute approximate surface area is 94.6 Å². The first kappa shape index (κ1) is 9.90. The molecule has 0 saturated carbocycles. The molecule has 0 aromatic carbocycles. The molecule has 0 bridgehead atoms. The fraction of sp³-hybridized carbons (Fsp3) is 0.583. The van der Waals surface area contributed by atoms with Crippen LogP contribution in [-0.2, 0) is 0 Å². The monoisotopic (exact) mass is 220 g/mol. The van der Waals surface area contributed by atoms with Crippen LogP contribution in [-0.4, -0.2) is 36.5 Å². The van der Waals surface area contributed by atoms with Gasteiger partial charge in [-0.25, -0.2) is 0 Å². The van der Waals surface area contributed by atoms with Crippen molar-refractivity contribution in [3.8, 4) is 0 Å². The minimum atomic E-state index is 0.128. The summed E-state index contributed by atoms with van der Waals surface area (Å²) in [4.78, 5) is 14.2. The van der Waals surface area contributed by atoms with E-state index in [4.69, 9.17) is 4.42 Å². The number of rotatable bonds is 1. The maximum absolute atomic E-state index is 12.2. The van der Waals surface area contributed by atoms with Crippen LogP contribution in [0.1, 0.15) is 23.2 Å². The number of hydrogen-bond acceptors (Lipinski definition) is 3. The molecule has 3 heterocycles. The lowest BCUT2D eigenvalue weighted by molar-refractivity contribution is 0.0697. The normalized spacial score (nSPS) is 29.1. The SMILES string of the molecule is O=C(c1ccoc1)N1CCC2CNCCC21. The van der Waals surface area contributed by atoms with Crippen LogP contribution in [0, 0.1) is 5.92 Å². The number of amides is 1. The number of nitrogens with zero attached hydrogens (tertiary/aromatic N) is 1. The fourth-order valence-corrected chi connectivity index (χ4v) is 2.89. The Kier molecular flexibility index (Phi) is 2.44. The highest BCUT2D eigenvalue weighted by Crippen LogP contribution is 2.29. The highest BCUT2D eigenvalue weighted by Gasteiger charge is 2.38. The molecule has 2 atom stereocenters. The Morgan fingerprint density at radius 3 is 3.25 bits per heavy atom. The molecule has 2 aliphatic rings. The van der Waals surface area contributed by atoms with Gasteiger partial charge >= 0.3 is 0 Å². The van der Waals surface area contributed by atoms with Crippen LogP contribution in [0.25, 0.3) is 0 Å². The summed E-state index contributed by atoms with van der Waals surface area (Å²) in [6, 6.07) is 2.18. The average molecular weight is 220 g/mol. The van der Waals surface area contributed by atoms with Crippen molar-refractivity contribution in [3.05, 3.63) is 24.2 Å². The van der Waals surface area contributed by atoms with Gasteiger partial charge in [0.15, 0.2) is 0 Å². The zero-order valence-electron chi connectivity index (χ0n) is 9.19. The van der Waals surface area contributed by atoms with Gasteiger partial charge in [0.05, 0.1) is 11.8 Å². The highest BCUT2D eigenvalue weighted by atomic mass is 16.3. The number of carbonyl (C=O) groups excluding carboxylic acids is 1. The molecule has 2 fully saturated rings. The minimum absolute atomic E-state index is 0.128. The van der Waals surface area contributed by atoms with E-state index in [1.54, 1.807) is 12.3 Å². The second kappa shape index (κ2) is 3.94.